The number of urea groups is 1. The Morgan fingerprint density at radius 3 is 2.60 bits per heavy atom. The number of methoxy groups -OCH3 is 1. The normalized spacial score (nSPS) is 18.9. The lowest BCUT2D eigenvalue weighted by Gasteiger charge is -2.19. The van der Waals surface area contributed by atoms with Crippen LogP contribution in [-0.2, 0) is 11.3 Å². The van der Waals surface area contributed by atoms with E-state index in [1.165, 1.54) is 12.8 Å². The topological polar surface area (TPSA) is 79.9 Å². The van der Waals surface area contributed by atoms with Crippen LogP contribution in [0.1, 0.15) is 42.9 Å². The van der Waals surface area contributed by atoms with Crippen molar-refractivity contribution in [1.29, 1.82) is 0 Å². The summed E-state index contributed by atoms with van der Waals surface area (Å²) in [5.41, 5.74) is 2.73. The Kier molecular flexibility index (Phi) is 6.07. The lowest BCUT2D eigenvalue weighted by molar-refractivity contribution is -0.105. The zero-order valence-electron chi connectivity index (χ0n) is 17.1. The molecule has 0 radical (unpaired) electrons. The van der Waals surface area contributed by atoms with E-state index in [0.29, 0.717) is 19.5 Å². The largest absolute Gasteiger partial charge is 0.493 e. The number of anilines is 1. The molecule has 1 saturated carbocycles. The van der Waals surface area contributed by atoms with Crippen LogP contribution in [0.3, 0.4) is 0 Å². The molecule has 0 unspecified atom stereocenters. The van der Waals surface area contributed by atoms with Gasteiger partial charge in [-0.25, -0.2) is 4.79 Å². The predicted molar refractivity (Wildman–Crippen MR) is 114 cm³/mol. The monoisotopic (exact) mass is 409 g/mol. The van der Waals surface area contributed by atoms with Crippen LogP contribution in [0.2, 0.25) is 0 Å². The van der Waals surface area contributed by atoms with E-state index in [4.69, 9.17) is 9.47 Å². The fourth-order valence-corrected chi connectivity index (χ4v) is 4.10. The van der Waals surface area contributed by atoms with Gasteiger partial charge in [0.05, 0.1) is 19.3 Å². The van der Waals surface area contributed by atoms with Gasteiger partial charge in [-0.15, -0.1) is 0 Å². The summed E-state index contributed by atoms with van der Waals surface area (Å²) in [4.78, 5) is 24.8. The highest BCUT2D eigenvalue weighted by molar-refractivity contribution is 5.77. The average molecular weight is 409 g/mol. The number of ether oxygens (including phenoxy) is 2. The van der Waals surface area contributed by atoms with Crippen LogP contribution in [0.15, 0.2) is 42.5 Å². The molecule has 1 saturated heterocycles. The van der Waals surface area contributed by atoms with Gasteiger partial charge in [-0.3, -0.25) is 4.79 Å². The van der Waals surface area contributed by atoms with Gasteiger partial charge in [0.25, 0.3) is 0 Å². The summed E-state index contributed by atoms with van der Waals surface area (Å²) in [7, 11) is 1.64. The van der Waals surface area contributed by atoms with Gasteiger partial charge in [0.1, 0.15) is 0 Å². The Hall–Kier alpha value is -3.22. The molecule has 0 aromatic heterocycles. The number of amides is 3. The minimum Gasteiger partial charge on any atom is -0.493 e. The molecule has 2 aromatic carbocycles. The van der Waals surface area contributed by atoms with Crippen molar-refractivity contribution in [1.82, 2.24) is 10.2 Å². The summed E-state index contributed by atoms with van der Waals surface area (Å²) in [6, 6.07) is 13.2. The van der Waals surface area contributed by atoms with E-state index < -0.39 is 0 Å². The maximum absolute atomic E-state index is 12.5. The first-order valence-corrected chi connectivity index (χ1v) is 10.4. The zero-order chi connectivity index (χ0) is 20.9. The molecule has 2 fully saturated rings. The first kappa shape index (κ1) is 20.1. The highest BCUT2D eigenvalue weighted by Gasteiger charge is 2.30. The Balaban J connectivity index is 1.44. The van der Waals surface area contributed by atoms with Crippen molar-refractivity contribution >= 4 is 18.1 Å². The number of nitrogens with one attached hydrogen (secondary N) is 2. The van der Waals surface area contributed by atoms with Crippen molar-refractivity contribution in [2.24, 2.45) is 0 Å². The summed E-state index contributed by atoms with van der Waals surface area (Å²) < 4.78 is 11.7. The average Bonchev–Trinajstić information content (AvgIpc) is 3.40. The van der Waals surface area contributed by atoms with Crippen LogP contribution < -0.4 is 20.1 Å². The zero-order valence-corrected chi connectivity index (χ0v) is 17.1. The molecule has 1 atom stereocenters. The second kappa shape index (κ2) is 9.07. The number of carbonyl (C=O) groups is 2. The Morgan fingerprint density at radius 2 is 1.90 bits per heavy atom. The molecule has 0 bridgehead atoms. The van der Waals surface area contributed by atoms with Crippen LogP contribution in [0.25, 0.3) is 0 Å². The molecular weight excluding hydrogens is 382 g/mol. The molecule has 7 heteroatoms. The fraction of sp³-hybridized carbons (Fsp3) is 0.391. The maximum Gasteiger partial charge on any atom is 0.318 e. The van der Waals surface area contributed by atoms with Crippen LogP contribution >= 0.6 is 0 Å². The first-order chi connectivity index (χ1) is 14.7. The smallest absolute Gasteiger partial charge is 0.318 e. The second-order valence-corrected chi connectivity index (χ2v) is 7.78. The van der Waals surface area contributed by atoms with Crippen molar-refractivity contribution in [2.75, 3.05) is 19.0 Å². The number of rotatable bonds is 8. The van der Waals surface area contributed by atoms with Crippen molar-refractivity contribution in [3.63, 3.8) is 0 Å². The van der Waals surface area contributed by atoms with Gasteiger partial charge < -0.3 is 25.0 Å². The molecule has 2 aromatic rings. The number of carbonyl (C=O) groups excluding carboxylic acids is 2. The third-order valence-corrected chi connectivity index (χ3v) is 5.73. The van der Waals surface area contributed by atoms with Gasteiger partial charge in [0.15, 0.2) is 11.5 Å². The molecule has 1 aliphatic heterocycles. The van der Waals surface area contributed by atoms with Crippen molar-refractivity contribution in [2.45, 2.75) is 44.4 Å². The summed E-state index contributed by atoms with van der Waals surface area (Å²) in [5.74, 6) is 1.46. The van der Waals surface area contributed by atoms with E-state index in [1.54, 1.807) is 12.0 Å². The molecule has 1 aliphatic carbocycles. The van der Waals surface area contributed by atoms with E-state index in [9.17, 15) is 9.59 Å². The molecule has 30 heavy (non-hydrogen) atoms. The standard InChI is InChI=1S/C23H27N3O4/c1-29-21-11-8-17(12-22(21)30-19-4-2-3-5-19)20-14-26(23(28)25-20)13-16-6-9-18(10-7-16)24-15-27/h6-12,15,19-20H,2-5,13-14H2,1H3,(H,24,27)(H,25,28)/t20-/m1/s1. The Labute approximate surface area is 176 Å². The van der Waals surface area contributed by atoms with Gasteiger partial charge in [0.2, 0.25) is 6.41 Å². The van der Waals surface area contributed by atoms with Crippen molar-refractivity contribution in [3.05, 3.63) is 53.6 Å². The molecule has 0 spiro atoms. The summed E-state index contributed by atoms with van der Waals surface area (Å²) >= 11 is 0. The number of nitrogens with zero attached hydrogens (tertiary/aromatic N) is 1. The molecular formula is C23H27N3O4. The second-order valence-electron chi connectivity index (χ2n) is 7.78. The molecule has 1 heterocycles. The fourth-order valence-electron chi connectivity index (χ4n) is 4.10. The Morgan fingerprint density at radius 1 is 1.13 bits per heavy atom. The minimum atomic E-state index is -0.106. The predicted octanol–water partition coefficient (Wildman–Crippen LogP) is 3.85. The van der Waals surface area contributed by atoms with E-state index in [1.807, 2.05) is 42.5 Å². The van der Waals surface area contributed by atoms with E-state index in [0.717, 1.165) is 41.2 Å². The van der Waals surface area contributed by atoms with E-state index >= 15 is 0 Å². The van der Waals surface area contributed by atoms with Crippen LogP contribution in [0, 0.1) is 0 Å². The molecule has 2 aliphatic rings. The van der Waals surface area contributed by atoms with E-state index in [-0.39, 0.29) is 18.2 Å². The van der Waals surface area contributed by atoms with Gasteiger partial charge in [-0.05, 0) is 61.1 Å². The number of hydrogen-bond acceptors (Lipinski definition) is 4. The summed E-state index contributed by atoms with van der Waals surface area (Å²) in [5, 5.41) is 5.67. The van der Waals surface area contributed by atoms with Crippen LogP contribution in [0.5, 0.6) is 11.5 Å². The van der Waals surface area contributed by atoms with Crippen LogP contribution in [-0.4, -0.2) is 37.1 Å². The molecule has 4 rings (SSSR count). The lowest BCUT2D eigenvalue weighted by Crippen LogP contribution is -2.27. The minimum absolute atomic E-state index is 0.0934. The van der Waals surface area contributed by atoms with Crippen LogP contribution in [0.4, 0.5) is 10.5 Å². The van der Waals surface area contributed by atoms with Gasteiger partial charge in [-0.1, -0.05) is 18.2 Å². The third-order valence-electron chi connectivity index (χ3n) is 5.73. The molecule has 158 valence electrons. The maximum atomic E-state index is 12.5. The van der Waals surface area contributed by atoms with Gasteiger partial charge in [0, 0.05) is 18.8 Å². The Bertz CT molecular complexity index is 894. The third kappa shape index (κ3) is 4.50. The SMILES string of the molecule is COc1ccc([C@H]2CN(Cc3ccc(NC=O)cc3)C(=O)N2)cc1OC1CCCC1. The van der Waals surface area contributed by atoms with Crippen molar-refractivity contribution < 1.29 is 19.1 Å². The molecule has 7 nitrogen and oxygen atoms in total. The summed E-state index contributed by atoms with van der Waals surface area (Å²) in [6.45, 7) is 1.08. The quantitative estimate of drug-likeness (QED) is 0.649. The summed E-state index contributed by atoms with van der Waals surface area (Å²) in [6.07, 6.45) is 5.43. The van der Waals surface area contributed by atoms with E-state index in [2.05, 4.69) is 10.6 Å². The van der Waals surface area contributed by atoms with Gasteiger partial charge in [-0.2, -0.15) is 0 Å². The highest BCUT2D eigenvalue weighted by atomic mass is 16.5. The van der Waals surface area contributed by atoms with Gasteiger partial charge >= 0.3 is 6.03 Å². The first-order valence-electron chi connectivity index (χ1n) is 10.4. The number of hydrogen-bond donors (Lipinski definition) is 2. The van der Waals surface area contributed by atoms with Crippen molar-refractivity contribution in [3.8, 4) is 11.5 Å². The molecule has 2 N–H and O–H groups in total. The number of benzene rings is 2. The molecule has 3 amide bonds. The lowest BCUT2D eigenvalue weighted by atomic mass is 10.1. The highest BCUT2D eigenvalue weighted by Crippen LogP contribution is 2.35.